The Morgan fingerprint density at radius 1 is 0.923 bits per heavy atom. The summed E-state index contributed by atoms with van der Waals surface area (Å²) in [5, 5.41) is 11.6. The van der Waals surface area contributed by atoms with Crippen LogP contribution < -0.4 is 23.7 Å². The molecular weight excluding hydrogens is 506 g/mol. The van der Waals surface area contributed by atoms with Gasteiger partial charge in [0.25, 0.3) is 11.7 Å². The normalized spacial score (nSPS) is 16.5. The van der Waals surface area contributed by atoms with Gasteiger partial charge in [0.05, 0.1) is 64.4 Å². The Kier molecular flexibility index (Phi) is 10.1. The molecule has 1 amide bonds. The Morgan fingerprint density at radius 2 is 1.56 bits per heavy atom. The number of ether oxygens (including phenoxy) is 6. The van der Waals surface area contributed by atoms with Crippen LogP contribution in [0.1, 0.15) is 44.9 Å². The first kappa shape index (κ1) is 29.6. The van der Waals surface area contributed by atoms with Crippen molar-refractivity contribution in [2.75, 3.05) is 47.7 Å². The van der Waals surface area contributed by atoms with Crippen molar-refractivity contribution < 1.29 is 43.1 Å². The minimum Gasteiger partial charge on any atom is -0.507 e. The number of hydrogen-bond donors (Lipinski definition) is 1. The number of ketones is 1. The fourth-order valence-electron chi connectivity index (χ4n) is 4.48. The van der Waals surface area contributed by atoms with Crippen LogP contribution in [0.3, 0.4) is 0 Å². The zero-order valence-corrected chi connectivity index (χ0v) is 23.5. The maximum atomic E-state index is 13.5. The van der Waals surface area contributed by atoms with Gasteiger partial charge in [-0.05, 0) is 57.5 Å². The smallest absolute Gasteiger partial charge is 0.295 e. The molecule has 0 aromatic heterocycles. The summed E-state index contributed by atoms with van der Waals surface area (Å²) >= 11 is 0. The van der Waals surface area contributed by atoms with Crippen molar-refractivity contribution in [3.63, 3.8) is 0 Å². The van der Waals surface area contributed by atoms with Crippen molar-refractivity contribution >= 4 is 17.4 Å². The summed E-state index contributed by atoms with van der Waals surface area (Å²) in [6, 6.07) is 7.26. The Morgan fingerprint density at radius 3 is 2.10 bits per heavy atom. The second-order valence-corrected chi connectivity index (χ2v) is 8.89. The largest absolute Gasteiger partial charge is 0.507 e. The number of methoxy groups -OCH3 is 3. The molecule has 2 aromatic carbocycles. The lowest BCUT2D eigenvalue weighted by Gasteiger charge is -2.27. The van der Waals surface area contributed by atoms with Gasteiger partial charge in [-0.2, -0.15) is 0 Å². The lowest BCUT2D eigenvalue weighted by Crippen LogP contribution is -2.33. The van der Waals surface area contributed by atoms with Crippen LogP contribution in [0.25, 0.3) is 5.76 Å². The maximum absolute atomic E-state index is 13.5. The fourth-order valence-corrected chi connectivity index (χ4v) is 4.48. The number of aliphatic hydroxyl groups excluding tert-OH is 1. The lowest BCUT2D eigenvalue weighted by atomic mass is 9.94. The predicted molar refractivity (Wildman–Crippen MR) is 145 cm³/mol. The highest BCUT2D eigenvalue weighted by Crippen LogP contribution is 2.46. The number of carbonyl (C=O) groups is 2. The standard InChI is InChI=1S/C29H37NO9/c1-8-37-19-10-11-20(21(16-19)38-9-2)26(31)24-25(30(29(33)27(24)32)12-13-39-17(3)4)18-14-22(34-5)28(36-7)23(15-18)35-6/h10-11,14-17,25,31H,8-9,12-13H2,1-7H3/b26-24+. The molecule has 1 N–H and O–H groups in total. The summed E-state index contributed by atoms with van der Waals surface area (Å²) in [7, 11) is 4.43. The van der Waals surface area contributed by atoms with Crippen LogP contribution in [0.2, 0.25) is 0 Å². The second-order valence-electron chi connectivity index (χ2n) is 8.89. The Bertz CT molecular complexity index is 1200. The van der Waals surface area contributed by atoms with E-state index in [1.54, 1.807) is 37.3 Å². The molecular formula is C29H37NO9. The summed E-state index contributed by atoms with van der Waals surface area (Å²) in [5.74, 6) is -0.0543. The van der Waals surface area contributed by atoms with Crippen LogP contribution in [-0.4, -0.2) is 75.5 Å². The zero-order chi connectivity index (χ0) is 28.7. The first-order chi connectivity index (χ1) is 18.7. The average molecular weight is 544 g/mol. The summed E-state index contributed by atoms with van der Waals surface area (Å²) in [4.78, 5) is 28.2. The summed E-state index contributed by atoms with van der Waals surface area (Å²) < 4.78 is 33.5. The van der Waals surface area contributed by atoms with Gasteiger partial charge >= 0.3 is 0 Å². The molecule has 0 saturated carbocycles. The lowest BCUT2D eigenvalue weighted by molar-refractivity contribution is -0.140. The highest BCUT2D eigenvalue weighted by Gasteiger charge is 2.46. The number of Topliss-reactive ketones (excluding diaryl/α,β-unsaturated/α-hetero) is 1. The Balaban J connectivity index is 2.26. The van der Waals surface area contributed by atoms with Crippen LogP contribution in [0.4, 0.5) is 0 Å². The first-order valence-corrected chi connectivity index (χ1v) is 12.8. The third-order valence-corrected chi connectivity index (χ3v) is 6.15. The Labute approximate surface area is 229 Å². The number of hydrogen-bond acceptors (Lipinski definition) is 9. The van der Waals surface area contributed by atoms with Crippen LogP contribution in [-0.2, 0) is 14.3 Å². The third kappa shape index (κ3) is 6.22. The van der Waals surface area contributed by atoms with Gasteiger partial charge in [-0.3, -0.25) is 9.59 Å². The van der Waals surface area contributed by atoms with Gasteiger partial charge in [-0.1, -0.05) is 0 Å². The van der Waals surface area contributed by atoms with E-state index in [1.165, 1.54) is 26.2 Å². The minimum atomic E-state index is -0.962. The number of likely N-dealkylation sites (tertiary alicyclic amines) is 1. The molecule has 10 heteroatoms. The fraction of sp³-hybridized carbons (Fsp3) is 0.448. The molecule has 3 rings (SSSR count). The molecule has 1 aliphatic heterocycles. The quantitative estimate of drug-likeness (QED) is 0.224. The molecule has 1 atom stereocenters. The highest BCUT2D eigenvalue weighted by atomic mass is 16.5. The van der Waals surface area contributed by atoms with Crippen molar-refractivity contribution in [1.29, 1.82) is 0 Å². The van der Waals surface area contributed by atoms with Crippen molar-refractivity contribution in [2.24, 2.45) is 0 Å². The van der Waals surface area contributed by atoms with Gasteiger partial charge in [0.2, 0.25) is 5.75 Å². The van der Waals surface area contributed by atoms with E-state index in [9.17, 15) is 14.7 Å². The van der Waals surface area contributed by atoms with Crippen LogP contribution in [0.5, 0.6) is 28.7 Å². The van der Waals surface area contributed by atoms with Gasteiger partial charge in [0.1, 0.15) is 17.3 Å². The monoisotopic (exact) mass is 543 g/mol. The van der Waals surface area contributed by atoms with Crippen molar-refractivity contribution in [3.8, 4) is 28.7 Å². The number of carbonyl (C=O) groups excluding carboxylic acids is 2. The van der Waals surface area contributed by atoms with E-state index in [1.807, 2.05) is 20.8 Å². The SMILES string of the molecule is CCOc1ccc(/C(O)=C2\C(=O)C(=O)N(CCOC(C)C)C2c2cc(OC)c(OC)c(OC)c2)c(OCC)c1. The van der Waals surface area contributed by atoms with Gasteiger partial charge in [0, 0.05) is 12.6 Å². The molecule has 2 aromatic rings. The van der Waals surface area contributed by atoms with E-state index in [0.29, 0.717) is 47.5 Å². The minimum absolute atomic E-state index is 0.0703. The van der Waals surface area contributed by atoms with Gasteiger partial charge in [-0.15, -0.1) is 0 Å². The molecule has 1 saturated heterocycles. The van der Waals surface area contributed by atoms with E-state index in [0.717, 1.165) is 0 Å². The molecule has 0 radical (unpaired) electrons. The molecule has 0 bridgehead atoms. The van der Waals surface area contributed by atoms with E-state index in [-0.39, 0.29) is 36.2 Å². The number of benzene rings is 2. The summed E-state index contributed by atoms with van der Waals surface area (Å²) in [6.07, 6.45) is -0.0703. The second kappa shape index (κ2) is 13.2. The highest BCUT2D eigenvalue weighted by molar-refractivity contribution is 6.46. The molecule has 1 unspecified atom stereocenters. The summed E-state index contributed by atoms with van der Waals surface area (Å²) in [5.41, 5.74) is 0.650. The van der Waals surface area contributed by atoms with Gasteiger partial charge in [0.15, 0.2) is 11.5 Å². The molecule has 0 spiro atoms. The van der Waals surface area contributed by atoms with Gasteiger partial charge in [-0.25, -0.2) is 0 Å². The van der Waals surface area contributed by atoms with E-state index >= 15 is 0 Å². The van der Waals surface area contributed by atoms with Crippen LogP contribution in [0.15, 0.2) is 35.9 Å². The molecule has 10 nitrogen and oxygen atoms in total. The number of amides is 1. The van der Waals surface area contributed by atoms with Crippen molar-refractivity contribution in [1.82, 2.24) is 4.90 Å². The number of rotatable bonds is 13. The van der Waals surface area contributed by atoms with E-state index in [2.05, 4.69) is 0 Å². The maximum Gasteiger partial charge on any atom is 0.295 e. The average Bonchev–Trinajstić information content (AvgIpc) is 3.17. The molecule has 0 aliphatic carbocycles. The topological polar surface area (TPSA) is 113 Å². The Hall–Kier alpha value is -3.92. The summed E-state index contributed by atoms with van der Waals surface area (Å²) in [6.45, 7) is 8.49. The molecule has 39 heavy (non-hydrogen) atoms. The van der Waals surface area contributed by atoms with Crippen molar-refractivity contribution in [3.05, 3.63) is 47.0 Å². The first-order valence-electron chi connectivity index (χ1n) is 12.8. The van der Waals surface area contributed by atoms with E-state index in [4.69, 9.17) is 28.4 Å². The van der Waals surface area contributed by atoms with Crippen molar-refractivity contribution in [2.45, 2.75) is 39.8 Å². The predicted octanol–water partition coefficient (Wildman–Crippen LogP) is 4.36. The van der Waals surface area contributed by atoms with E-state index < -0.39 is 17.7 Å². The molecule has 1 aliphatic rings. The van der Waals surface area contributed by atoms with Gasteiger partial charge < -0.3 is 38.4 Å². The van der Waals surface area contributed by atoms with Crippen LogP contribution in [0, 0.1) is 0 Å². The zero-order valence-electron chi connectivity index (χ0n) is 23.5. The number of aliphatic hydroxyl groups is 1. The molecule has 1 fully saturated rings. The number of nitrogens with zero attached hydrogens (tertiary/aromatic N) is 1. The molecule has 212 valence electrons. The molecule has 1 heterocycles. The van der Waals surface area contributed by atoms with Crippen LogP contribution >= 0.6 is 0 Å². The third-order valence-electron chi connectivity index (χ3n) is 6.15.